The van der Waals surface area contributed by atoms with E-state index in [0.717, 1.165) is 0 Å². The monoisotopic (exact) mass is 372 g/mol. The quantitative estimate of drug-likeness (QED) is 0.505. The van der Waals surface area contributed by atoms with E-state index in [-0.39, 0.29) is 0 Å². The summed E-state index contributed by atoms with van der Waals surface area (Å²) in [5.74, 6) is 0. The molecular weight excluding hydrogens is 371 g/mol. The van der Waals surface area contributed by atoms with Crippen molar-refractivity contribution in [2.24, 2.45) is 0 Å². The summed E-state index contributed by atoms with van der Waals surface area (Å²) in [6, 6.07) is 0. The second kappa shape index (κ2) is 3.51. The molecule has 0 bridgehead atoms. The van der Waals surface area contributed by atoms with Gasteiger partial charge in [-0.1, -0.05) is 0 Å². The molecule has 0 amide bonds. The van der Waals surface area contributed by atoms with E-state index in [1.807, 2.05) is 0 Å². The van der Waals surface area contributed by atoms with Crippen LogP contribution in [0.3, 0.4) is 0 Å². The number of hydrogen-bond donors (Lipinski definition) is 0. The zero-order valence-electron chi connectivity index (χ0n) is 4.38. The van der Waals surface area contributed by atoms with Crippen LogP contribution < -0.4 is 0 Å². The van der Waals surface area contributed by atoms with Crippen molar-refractivity contribution < 1.29 is 49.4 Å². The van der Waals surface area contributed by atoms with Gasteiger partial charge in [0.05, 0.1) is 0 Å². The Morgan fingerprint density at radius 1 is 0.900 bits per heavy atom. The van der Waals surface area contributed by atoms with Crippen LogP contribution in [0.15, 0.2) is 0 Å². The molecule has 0 aliphatic carbocycles. The van der Waals surface area contributed by atoms with Crippen LogP contribution in [0.4, 0.5) is 26.3 Å². The van der Waals surface area contributed by atoms with Crippen LogP contribution >= 0.6 is 8.24 Å². The molecular formula is C2F6HgS. The molecule has 0 aromatic rings. The van der Waals surface area contributed by atoms with Crippen molar-refractivity contribution in [3.05, 3.63) is 0 Å². The predicted molar refractivity (Wildman–Crippen MR) is 19.7 cm³/mol. The Hall–Kier alpha value is 0.865. The number of hydrogen-bond acceptors (Lipinski definition) is 1. The predicted octanol–water partition coefficient (Wildman–Crippen LogP) is 2.76. The van der Waals surface area contributed by atoms with Gasteiger partial charge in [0.2, 0.25) is 0 Å². The summed E-state index contributed by atoms with van der Waals surface area (Å²) in [5, 5.41) is 0. The summed E-state index contributed by atoms with van der Waals surface area (Å²) < 4.78 is 62.3. The Balaban J connectivity index is 3.56. The van der Waals surface area contributed by atoms with Crippen molar-refractivity contribution in [3.63, 3.8) is 0 Å². The third-order valence-electron chi connectivity index (χ3n) is 0.399. The van der Waals surface area contributed by atoms with Crippen LogP contribution in [0.25, 0.3) is 0 Å². The standard InChI is InChI=1S/CHF3S.CF3.Hg/c2-1(3,4)5;2-1(3)4;/h5H;;/q;;+1/p-1. The van der Waals surface area contributed by atoms with Crippen molar-refractivity contribution in [1.82, 2.24) is 0 Å². The molecule has 0 saturated carbocycles. The molecule has 58 valence electrons. The van der Waals surface area contributed by atoms with Crippen LogP contribution in [0.2, 0.25) is 0 Å². The first-order chi connectivity index (χ1) is 4.21. The molecule has 0 aromatic heterocycles. The maximum atomic E-state index is 11.2. The van der Waals surface area contributed by atoms with Crippen LogP contribution in [-0.2, 0) is 23.1 Å². The topological polar surface area (TPSA) is 0 Å². The Bertz CT molecular complexity index is 89.3. The van der Waals surface area contributed by atoms with Gasteiger partial charge in [0.25, 0.3) is 0 Å². The molecule has 0 saturated heterocycles. The third kappa shape index (κ3) is 8.87. The van der Waals surface area contributed by atoms with Gasteiger partial charge in [0, 0.05) is 0 Å². The van der Waals surface area contributed by atoms with Gasteiger partial charge in [0.15, 0.2) is 0 Å². The minimum absolute atomic E-state index is 0.862. The molecule has 0 radical (unpaired) electrons. The fourth-order valence-corrected chi connectivity index (χ4v) is 4.31. The summed E-state index contributed by atoms with van der Waals surface area (Å²) in [7, 11) is -0.862. The van der Waals surface area contributed by atoms with Crippen LogP contribution in [0.5, 0.6) is 0 Å². The van der Waals surface area contributed by atoms with Crippen molar-refractivity contribution >= 4 is 8.24 Å². The van der Waals surface area contributed by atoms with Crippen molar-refractivity contribution in [3.8, 4) is 0 Å². The Kier molecular flexibility index (Phi) is 3.81. The molecule has 0 aliphatic heterocycles. The second-order valence-corrected chi connectivity index (χ2v) is 12.2. The van der Waals surface area contributed by atoms with Gasteiger partial charge in [-0.15, -0.1) is 0 Å². The van der Waals surface area contributed by atoms with Crippen LogP contribution in [-0.4, -0.2) is 9.19 Å². The second-order valence-electron chi connectivity index (χ2n) is 1.35. The first-order valence-corrected chi connectivity index (χ1v) is 12.4. The van der Waals surface area contributed by atoms with Crippen LogP contribution in [0, 0.1) is 0 Å². The normalized spacial score (nSPS) is 13.0. The molecule has 0 aliphatic rings. The van der Waals surface area contributed by atoms with E-state index in [4.69, 9.17) is 0 Å². The first-order valence-electron chi connectivity index (χ1n) is 1.98. The molecule has 0 spiro atoms. The molecule has 0 nitrogen and oxygen atoms in total. The van der Waals surface area contributed by atoms with E-state index in [1.54, 1.807) is 0 Å². The van der Waals surface area contributed by atoms with Gasteiger partial charge in [-0.3, -0.25) is 0 Å². The fraction of sp³-hybridized carbons (Fsp3) is 1.00. The summed E-state index contributed by atoms with van der Waals surface area (Å²) in [5.41, 5.74) is -4.70. The molecule has 0 N–H and O–H groups in total. The summed E-state index contributed by atoms with van der Waals surface area (Å²) in [4.78, 5) is 0. The molecule has 0 aromatic carbocycles. The van der Waals surface area contributed by atoms with Gasteiger partial charge < -0.3 is 0 Å². The van der Waals surface area contributed by atoms with E-state index >= 15 is 0 Å². The Morgan fingerprint density at radius 3 is 1.40 bits per heavy atom. The summed E-state index contributed by atoms with van der Waals surface area (Å²) in [6.45, 7) is 0. The van der Waals surface area contributed by atoms with Gasteiger partial charge >= 0.3 is 66.8 Å². The zero-order valence-corrected chi connectivity index (χ0v) is 10.7. The maximum absolute atomic E-state index is 11.2. The van der Waals surface area contributed by atoms with Gasteiger partial charge in [-0.05, 0) is 0 Å². The molecule has 8 heteroatoms. The average Bonchev–Trinajstić information content (AvgIpc) is 1.57. The van der Waals surface area contributed by atoms with Gasteiger partial charge in [-0.2, -0.15) is 0 Å². The number of alkyl halides is 6. The summed E-state index contributed by atoms with van der Waals surface area (Å²) >= 11 is -3.77. The van der Waals surface area contributed by atoms with Crippen molar-refractivity contribution in [1.29, 1.82) is 0 Å². The van der Waals surface area contributed by atoms with Crippen molar-refractivity contribution in [2.75, 3.05) is 0 Å². The van der Waals surface area contributed by atoms with E-state index in [9.17, 15) is 26.3 Å². The number of rotatable bonds is 1. The van der Waals surface area contributed by atoms with Crippen LogP contribution in [0.1, 0.15) is 0 Å². The Morgan fingerprint density at radius 2 is 1.30 bits per heavy atom. The van der Waals surface area contributed by atoms with E-state index in [1.165, 1.54) is 0 Å². The van der Waals surface area contributed by atoms with E-state index in [2.05, 4.69) is 0 Å². The van der Waals surface area contributed by atoms with Gasteiger partial charge in [0.1, 0.15) is 0 Å². The first kappa shape index (κ1) is 10.9. The Labute approximate surface area is 66.9 Å². The molecule has 0 atom stereocenters. The molecule has 0 heterocycles. The third-order valence-corrected chi connectivity index (χ3v) is 10.5. The van der Waals surface area contributed by atoms with Gasteiger partial charge in [-0.25, -0.2) is 0 Å². The molecule has 10 heavy (non-hydrogen) atoms. The minimum atomic E-state index is -4.70. The zero-order chi connectivity index (χ0) is 8.41. The fourth-order valence-electron chi connectivity index (χ4n) is 0.164. The van der Waals surface area contributed by atoms with E-state index in [0.29, 0.717) is 0 Å². The SMILES string of the molecule is FC(F)(F)[S][Hg][C](F)(F)F. The molecule has 0 fully saturated rings. The molecule has 0 rings (SSSR count). The molecule has 0 unspecified atom stereocenters. The average molecular weight is 371 g/mol. The van der Waals surface area contributed by atoms with E-state index < -0.39 is 40.5 Å². The summed E-state index contributed by atoms with van der Waals surface area (Å²) in [6.07, 6.45) is 0. The van der Waals surface area contributed by atoms with Crippen molar-refractivity contribution in [2.45, 2.75) is 9.19 Å². The number of halogens is 6.